The Hall–Kier alpha value is -2.95. The lowest BCUT2D eigenvalue weighted by Crippen LogP contribution is -2.48. The van der Waals surface area contributed by atoms with E-state index in [1.165, 1.54) is 5.56 Å². The molecule has 4 heteroatoms. The first kappa shape index (κ1) is 23.7. The summed E-state index contributed by atoms with van der Waals surface area (Å²) in [7, 11) is 0. The highest BCUT2D eigenvalue weighted by Gasteiger charge is 2.36. The molecule has 0 bridgehead atoms. The third kappa shape index (κ3) is 5.26. The van der Waals surface area contributed by atoms with Gasteiger partial charge in [-0.3, -0.25) is 0 Å². The van der Waals surface area contributed by atoms with Gasteiger partial charge in [0.2, 0.25) is 0 Å². The molecule has 0 heterocycles. The van der Waals surface area contributed by atoms with E-state index in [0.29, 0.717) is 17.5 Å². The number of quaternary nitrogens is 1. The lowest BCUT2D eigenvalue weighted by Gasteiger charge is -2.38. The van der Waals surface area contributed by atoms with E-state index in [-0.39, 0.29) is 5.71 Å². The molecule has 0 aliphatic heterocycles. The highest BCUT2D eigenvalue weighted by Crippen LogP contribution is 2.33. The van der Waals surface area contributed by atoms with Crippen LogP contribution in [0, 0.1) is 5.21 Å². The van der Waals surface area contributed by atoms with Gasteiger partial charge in [-0.25, -0.2) is 0 Å². The molecule has 0 spiro atoms. The first-order chi connectivity index (χ1) is 15.6. The van der Waals surface area contributed by atoms with Crippen molar-refractivity contribution in [3.8, 4) is 0 Å². The van der Waals surface area contributed by atoms with Crippen molar-refractivity contribution in [2.45, 2.75) is 38.8 Å². The number of benzene rings is 3. The van der Waals surface area contributed by atoms with Gasteiger partial charge in [0, 0.05) is 17.7 Å². The summed E-state index contributed by atoms with van der Waals surface area (Å²) in [5.74, 6) is 0. The zero-order valence-corrected chi connectivity index (χ0v) is 19.2. The third-order valence-corrected chi connectivity index (χ3v) is 6.66. The van der Waals surface area contributed by atoms with Gasteiger partial charge in [-0.05, 0) is 31.4 Å². The second-order valence-electron chi connectivity index (χ2n) is 8.43. The number of nitrogens with zero attached hydrogens (tertiary/aromatic N) is 2. The van der Waals surface area contributed by atoms with Crippen LogP contribution in [0.3, 0.4) is 0 Å². The molecule has 1 N–H and O–H groups in total. The molecule has 0 atom stereocenters. The molecular formula is C28H34N2O2. The Labute approximate surface area is 192 Å². The average molecular weight is 431 g/mol. The standard InChI is InChI=1S/C28H34N2O2/c1-3-30(4-2,23-24-15-8-5-9-16-24)22-14-21-27(29-32)28(31,25-17-10-6-11-18-25)26-19-12-7-13-20-26/h5-13,15-20,31H,3-4,14,21-23H2,1-2H3/b29-27+. The van der Waals surface area contributed by atoms with Gasteiger partial charge in [-0.15, -0.1) is 0 Å². The van der Waals surface area contributed by atoms with Gasteiger partial charge < -0.3 is 20.0 Å². The molecule has 0 aromatic heterocycles. The van der Waals surface area contributed by atoms with Crippen molar-refractivity contribution in [1.82, 2.24) is 0 Å². The van der Waals surface area contributed by atoms with Crippen LogP contribution in [0.25, 0.3) is 0 Å². The molecule has 3 rings (SSSR count). The van der Waals surface area contributed by atoms with Crippen molar-refractivity contribution in [1.29, 1.82) is 0 Å². The summed E-state index contributed by atoms with van der Waals surface area (Å²) in [5.41, 5.74) is 1.38. The fourth-order valence-corrected chi connectivity index (χ4v) is 4.55. The zero-order valence-electron chi connectivity index (χ0n) is 19.2. The van der Waals surface area contributed by atoms with Gasteiger partial charge in [-0.1, -0.05) is 91.0 Å². The van der Waals surface area contributed by atoms with Crippen LogP contribution in [0.5, 0.6) is 0 Å². The Kier molecular flexibility index (Phi) is 8.20. The number of hydrogen-bond donors (Lipinski definition) is 1. The lowest BCUT2D eigenvalue weighted by atomic mass is 9.80. The molecule has 3 aromatic carbocycles. The SMILES string of the molecule is CC[N+](CC)(CCC/C(=N\[O-])C(O)(c1ccccc1)c1ccccc1)Cc1ccccc1. The van der Waals surface area contributed by atoms with Crippen LogP contribution in [0.2, 0.25) is 0 Å². The summed E-state index contributed by atoms with van der Waals surface area (Å²) in [6.07, 6.45) is 1.22. The number of rotatable bonds is 11. The number of aliphatic hydroxyl groups is 1. The van der Waals surface area contributed by atoms with Crippen molar-refractivity contribution in [3.63, 3.8) is 0 Å². The molecule has 0 amide bonds. The average Bonchev–Trinajstić information content (AvgIpc) is 2.87. The molecule has 0 unspecified atom stereocenters. The molecule has 0 fully saturated rings. The summed E-state index contributed by atoms with van der Waals surface area (Å²) in [4.78, 5) is 0. The predicted molar refractivity (Wildman–Crippen MR) is 132 cm³/mol. The Balaban J connectivity index is 1.82. The van der Waals surface area contributed by atoms with Crippen molar-refractivity contribution >= 4 is 5.71 Å². The second kappa shape index (κ2) is 11.1. The molecule has 0 aliphatic rings. The molecule has 0 radical (unpaired) electrons. The lowest BCUT2D eigenvalue weighted by molar-refractivity contribution is -0.937. The first-order valence-electron chi connectivity index (χ1n) is 11.5. The van der Waals surface area contributed by atoms with Crippen LogP contribution in [-0.2, 0) is 12.1 Å². The summed E-state index contributed by atoms with van der Waals surface area (Å²) in [6, 6.07) is 29.3. The Morgan fingerprint density at radius 2 is 1.28 bits per heavy atom. The monoisotopic (exact) mass is 430 g/mol. The maximum absolute atomic E-state index is 12.0. The van der Waals surface area contributed by atoms with Crippen molar-refractivity contribution < 1.29 is 9.59 Å². The maximum atomic E-state index is 12.0. The topological polar surface area (TPSA) is 55.7 Å². The molecule has 168 valence electrons. The van der Waals surface area contributed by atoms with E-state index in [1.54, 1.807) is 0 Å². The molecular weight excluding hydrogens is 396 g/mol. The van der Waals surface area contributed by atoms with E-state index in [2.05, 4.69) is 43.3 Å². The van der Waals surface area contributed by atoms with Crippen LogP contribution < -0.4 is 0 Å². The fourth-order valence-electron chi connectivity index (χ4n) is 4.55. The van der Waals surface area contributed by atoms with Gasteiger partial charge >= 0.3 is 0 Å². The molecule has 32 heavy (non-hydrogen) atoms. The van der Waals surface area contributed by atoms with Gasteiger partial charge in [-0.2, -0.15) is 0 Å². The second-order valence-corrected chi connectivity index (χ2v) is 8.43. The summed E-state index contributed by atoms with van der Waals surface area (Å²) >= 11 is 0. The predicted octanol–water partition coefficient (Wildman–Crippen LogP) is 5.70. The fraction of sp³-hybridized carbons (Fsp3) is 0.321. The minimum absolute atomic E-state index is 0.264. The molecule has 4 nitrogen and oxygen atoms in total. The maximum Gasteiger partial charge on any atom is 0.152 e. The van der Waals surface area contributed by atoms with E-state index < -0.39 is 5.60 Å². The Bertz CT molecular complexity index is 929. The van der Waals surface area contributed by atoms with Gasteiger partial charge in [0.15, 0.2) is 5.60 Å². The van der Waals surface area contributed by atoms with Crippen molar-refractivity contribution in [2.75, 3.05) is 19.6 Å². The Morgan fingerprint density at radius 1 is 0.812 bits per heavy atom. The van der Waals surface area contributed by atoms with E-state index >= 15 is 0 Å². The van der Waals surface area contributed by atoms with Crippen LogP contribution in [-0.4, -0.2) is 34.9 Å². The molecule has 0 saturated heterocycles. The van der Waals surface area contributed by atoms with Gasteiger partial charge in [0.25, 0.3) is 0 Å². The largest absolute Gasteiger partial charge is 0.792 e. The minimum atomic E-state index is -1.53. The highest BCUT2D eigenvalue weighted by atomic mass is 16.4. The van der Waals surface area contributed by atoms with E-state index in [9.17, 15) is 10.3 Å². The van der Waals surface area contributed by atoms with Gasteiger partial charge in [0.05, 0.1) is 19.6 Å². The highest BCUT2D eigenvalue weighted by molar-refractivity contribution is 5.96. The third-order valence-electron chi connectivity index (χ3n) is 6.66. The quantitative estimate of drug-likeness (QED) is 0.241. The smallest absolute Gasteiger partial charge is 0.152 e. The number of hydrogen-bond acceptors (Lipinski definition) is 3. The first-order valence-corrected chi connectivity index (χ1v) is 11.5. The zero-order chi connectivity index (χ0) is 22.9. The van der Waals surface area contributed by atoms with Crippen molar-refractivity contribution in [2.24, 2.45) is 5.16 Å². The van der Waals surface area contributed by atoms with E-state index in [4.69, 9.17) is 0 Å². The molecule has 0 aliphatic carbocycles. The van der Waals surface area contributed by atoms with Crippen LogP contribution in [0.1, 0.15) is 43.4 Å². The van der Waals surface area contributed by atoms with Crippen LogP contribution >= 0.6 is 0 Å². The van der Waals surface area contributed by atoms with E-state index in [0.717, 1.165) is 37.1 Å². The molecule has 3 aromatic rings. The van der Waals surface area contributed by atoms with Crippen molar-refractivity contribution in [3.05, 3.63) is 113 Å². The molecule has 0 saturated carbocycles. The van der Waals surface area contributed by atoms with Crippen LogP contribution in [0.15, 0.2) is 96.2 Å². The normalized spacial score (nSPS) is 12.7. The van der Waals surface area contributed by atoms with E-state index in [1.807, 2.05) is 66.7 Å². The Morgan fingerprint density at radius 3 is 1.72 bits per heavy atom. The summed E-state index contributed by atoms with van der Waals surface area (Å²) < 4.78 is 0.936. The van der Waals surface area contributed by atoms with Crippen LogP contribution in [0.4, 0.5) is 0 Å². The minimum Gasteiger partial charge on any atom is -0.792 e. The van der Waals surface area contributed by atoms with Gasteiger partial charge in [0.1, 0.15) is 6.54 Å². The summed E-state index contributed by atoms with van der Waals surface area (Å²) in [6.45, 7) is 8.34. The summed E-state index contributed by atoms with van der Waals surface area (Å²) in [5, 5.41) is 27.3.